The van der Waals surface area contributed by atoms with E-state index in [4.69, 9.17) is 4.74 Å². The average Bonchev–Trinajstić information content (AvgIpc) is 3.17. The normalized spacial score (nSPS) is 11.3. The molecule has 0 spiro atoms. The summed E-state index contributed by atoms with van der Waals surface area (Å²) in [6, 6.07) is 14.0. The lowest BCUT2D eigenvalue weighted by Crippen LogP contribution is -2.16. The zero-order valence-electron chi connectivity index (χ0n) is 14.0. The SMILES string of the molecule is COCC(=O)Nc1ccc2[nH]nc(-c3cc4ccc(C)cc4[nH]3)c2c1. The molecule has 0 radical (unpaired) electrons. The first-order chi connectivity index (χ1) is 12.1. The summed E-state index contributed by atoms with van der Waals surface area (Å²) in [5, 5.41) is 12.4. The van der Waals surface area contributed by atoms with Crippen molar-refractivity contribution >= 4 is 33.4 Å². The summed E-state index contributed by atoms with van der Waals surface area (Å²) in [5.41, 5.74) is 5.67. The Bertz CT molecular complexity index is 1080. The Morgan fingerprint density at radius 1 is 1.16 bits per heavy atom. The molecule has 25 heavy (non-hydrogen) atoms. The summed E-state index contributed by atoms with van der Waals surface area (Å²) in [7, 11) is 1.49. The summed E-state index contributed by atoms with van der Waals surface area (Å²) >= 11 is 0. The molecule has 2 heterocycles. The van der Waals surface area contributed by atoms with Crippen molar-refractivity contribution in [3.05, 3.63) is 48.0 Å². The van der Waals surface area contributed by atoms with Crippen LogP contribution in [-0.4, -0.2) is 34.8 Å². The molecule has 0 aliphatic carbocycles. The largest absolute Gasteiger partial charge is 0.375 e. The second-order valence-corrected chi connectivity index (χ2v) is 6.09. The summed E-state index contributed by atoms with van der Waals surface area (Å²) in [6.45, 7) is 2.09. The molecule has 0 aliphatic heterocycles. The number of fused-ring (bicyclic) bond motifs is 2. The molecule has 3 N–H and O–H groups in total. The van der Waals surface area contributed by atoms with E-state index in [0.29, 0.717) is 5.69 Å². The van der Waals surface area contributed by atoms with E-state index >= 15 is 0 Å². The van der Waals surface area contributed by atoms with Crippen molar-refractivity contribution < 1.29 is 9.53 Å². The first kappa shape index (κ1) is 15.4. The van der Waals surface area contributed by atoms with E-state index in [9.17, 15) is 4.79 Å². The van der Waals surface area contributed by atoms with E-state index in [0.717, 1.165) is 33.2 Å². The highest BCUT2D eigenvalue weighted by Crippen LogP contribution is 2.30. The maximum Gasteiger partial charge on any atom is 0.250 e. The zero-order chi connectivity index (χ0) is 17.4. The Kier molecular flexibility index (Phi) is 3.74. The van der Waals surface area contributed by atoms with Gasteiger partial charge in [0, 0.05) is 29.1 Å². The molecule has 4 aromatic rings. The van der Waals surface area contributed by atoms with Crippen LogP contribution in [0.5, 0.6) is 0 Å². The van der Waals surface area contributed by atoms with E-state index in [1.165, 1.54) is 12.7 Å². The molecule has 0 unspecified atom stereocenters. The third-order valence-corrected chi connectivity index (χ3v) is 4.16. The fourth-order valence-electron chi connectivity index (χ4n) is 2.99. The number of amides is 1. The number of aromatic amines is 2. The number of hydrogen-bond acceptors (Lipinski definition) is 3. The Labute approximate surface area is 144 Å². The molecule has 2 aromatic heterocycles. The number of methoxy groups -OCH3 is 1. The third kappa shape index (κ3) is 2.88. The molecular formula is C19H18N4O2. The smallest absolute Gasteiger partial charge is 0.250 e. The molecule has 2 aromatic carbocycles. The molecule has 0 bridgehead atoms. The molecule has 0 atom stereocenters. The Morgan fingerprint density at radius 2 is 2.04 bits per heavy atom. The molecular weight excluding hydrogens is 316 g/mol. The van der Waals surface area contributed by atoms with Crippen LogP contribution >= 0.6 is 0 Å². The first-order valence-corrected chi connectivity index (χ1v) is 8.01. The van der Waals surface area contributed by atoms with E-state index in [1.807, 2.05) is 18.2 Å². The number of hydrogen-bond donors (Lipinski definition) is 3. The van der Waals surface area contributed by atoms with Crippen LogP contribution in [0, 0.1) is 6.92 Å². The van der Waals surface area contributed by atoms with Gasteiger partial charge >= 0.3 is 0 Å². The molecule has 0 saturated carbocycles. The second-order valence-electron chi connectivity index (χ2n) is 6.09. The van der Waals surface area contributed by atoms with Gasteiger partial charge in [-0.05, 0) is 42.8 Å². The van der Waals surface area contributed by atoms with Gasteiger partial charge in [0.1, 0.15) is 12.3 Å². The summed E-state index contributed by atoms with van der Waals surface area (Å²) in [4.78, 5) is 15.1. The number of benzene rings is 2. The van der Waals surface area contributed by atoms with Gasteiger partial charge in [-0.2, -0.15) is 5.10 Å². The summed E-state index contributed by atoms with van der Waals surface area (Å²) in [6.07, 6.45) is 0. The predicted molar refractivity (Wildman–Crippen MR) is 98.6 cm³/mol. The lowest BCUT2D eigenvalue weighted by molar-refractivity contribution is -0.119. The lowest BCUT2D eigenvalue weighted by atomic mass is 10.1. The molecule has 0 aliphatic rings. The van der Waals surface area contributed by atoms with Gasteiger partial charge in [0.2, 0.25) is 5.91 Å². The van der Waals surface area contributed by atoms with E-state index in [-0.39, 0.29) is 12.5 Å². The van der Waals surface area contributed by atoms with Gasteiger partial charge < -0.3 is 15.0 Å². The predicted octanol–water partition coefficient (Wildman–Crippen LogP) is 3.60. The van der Waals surface area contributed by atoms with Gasteiger partial charge in [-0.3, -0.25) is 9.89 Å². The number of carbonyl (C=O) groups is 1. The Morgan fingerprint density at radius 3 is 2.88 bits per heavy atom. The van der Waals surface area contributed by atoms with Crippen molar-refractivity contribution in [1.82, 2.24) is 15.2 Å². The number of carbonyl (C=O) groups excluding carboxylic acids is 1. The molecule has 6 nitrogen and oxygen atoms in total. The topological polar surface area (TPSA) is 82.8 Å². The van der Waals surface area contributed by atoms with E-state index in [2.05, 4.69) is 51.7 Å². The number of aryl methyl sites for hydroxylation is 1. The van der Waals surface area contributed by atoms with Crippen LogP contribution in [0.2, 0.25) is 0 Å². The van der Waals surface area contributed by atoms with Crippen LogP contribution < -0.4 is 5.32 Å². The van der Waals surface area contributed by atoms with Crippen molar-refractivity contribution in [2.24, 2.45) is 0 Å². The van der Waals surface area contributed by atoms with Crippen molar-refractivity contribution in [2.45, 2.75) is 6.92 Å². The average molecular weight is 334 g/mol. The number of anilines is 1. The minimum atomic E-state index is -0.187. The molecule has 0 fully saturated rings. The maximum absolute atomic E-state index is 11.7. The highest BCUT2D eigenvalue weighted by Gasteiger charge is 2.12. The number of H-pyrrole nitrogens is 2. The van der Waals surface area contributed by atoms with Crippen molar-refractivity contribution in [3.8, 4) is 11.4 Å². The van der Waals surface area contributed by atoms with Gasteiger partial charge in [0.15, 0.2) is 0 Å². The number of rotatable bonds is 4. The number of aromatic nitrogens is 3. The Hall–Kier alpha value is -3.12. The molecule has 126 valence electrons. The number of ether oxygens (including phenoxy) is 1. The van der Waals surface area contributed by atoms with Crippen LogP contribution in [0.15, 0.2) is 42.5 Å². The maximum atomic E-state index is 11.7. The van der Waals surface area contributed by atoms with Gasteiger partial charge in [0.25, 0.3) is 0 Å². The van der Waals surface area contributed by atoms with Gasteiger partial charge in [-0.1, -0.05) is 12.1 Å². The van der Waals surface area contributed by atoms with Crippen LogP contribution in [0.4, 0.5) is 5.69 Å². The van der Waals surface area contributed by atoms with Crippen LogP contribution in [-0.2, 0) is 9.53 Å². The van der Waals surface area contributed by atoms with E-state index in [1.54, 1.807) is 0 Å². The van der Waals surface area contributed by atoms with E-state index < -0.39 is 0 Å². The van der Waals surface area contributed by atoms with Crippen LogP contribution in [0.3, 0.4) is 0 Å². The van der Waals surface area contributed by atoms with Gasteiger partial charge in [-0.15, -0.1) is 0 Å². The van der Waals surface area contributed by atoms with Crippen molar-refractivity contribution in [1.29, 1.82) is 0 Å². The molecule has 4 rings (SSSR count). The highest BCUT2D eigenvalue weighted by molar-refractivity contribution is 5.99. The van der Waals surface area contributed by atoms with Crippen LogP contribution in [0.25, 0.3) is 33.2 Å². The lowest BCUT2D eigenvalue weighted by Gasteiger charge is -2.04. The van der Waals surface area contributed by atoms with Crippen molar-refractivity contribution in [2.75, 3.05) is 19.0 Å². The van der Waals surface area contributed by atoms with Gasteiger partial charge in [-0.25, -0.2) is 0 Å². The number of nitrogens with one attached hydrogen (secondary N) is 3. The minimum absolute atomic E-state index is 0.0254. The second kappa shape index (κ2) is 6.07. The van der Waals surface area contributed by atoms with Gasteiger partial charge in [0.05, 0.1) is 11.2 Å². The standard InChI is InChI=1S/C19H18N4O2/c1-11-3-4-12-8-17(21-16(12)7-11)19-14-9-13(20-18(24)10-25-2)5-6-15(14)22-23-19/h3-9,21H,10H2,1-2H3,(H,20,24)(H,22,23). The zero-order valence-corrected chi connectivity index (χ0v) is 14.0. The highest BCUT2D eigenvalue weighted by atomic mass is 16.5. The number of nitrogens with zero attached hydrogens (tertiary/aromatic N) is 1. The Balaban J connectivity index is 1.76. The third-order valence-electron chi connectivity index (χ3n) is 4.16. The fourth-order valence-corrected chi connectivity index (χ4v) is 2.99. The monoisotopic (exact) mass is 334 g/mol. The molecule has 0 saturated heterocycles. The minimum Gasteiger partial charge on any atom is -0.375 e. The summed E-state index contributed by atoms with van der Waals surface area (Å²) in [5.74, 6) is -0.187. The first-order valence-electron chi connectivity index (χ1n) is 8.01. The quantitative estimate of drug-likeness (QED) is 0.533. The van der Waals surface area contributed by atoms with Crippen molar-refractivity contribution in [3.63, 3.8) is 0 Å². The molecule has 1 amide bonds. The summed E-state index contributed by atoms with van der Waals surface area (Å²) < 4.78 is 4.85. The fraction of sp³-hybridized carbons (Fsp3) is 0.158. The molecule has 6 heteroatoms. The van der Waals surface area contributed by atoms with Crippen LogP contribution in [0.1, 0.15) is 5.56 Å².